The van der Waals surface area contributed by atoms with Gasteiger partial charge in [0.05, 0.1) is 22.2 Å². The first-order valence-corrected chi connectivity index (χ1v) is 4.98. The average Bonchev–Trinajstić information content (AvgIpc) is 2.19. The van der Waals surface area contributed by atoms with E-state index in [-0.39, 0.29) is 22.2 Å². The number of carbonyl (C=O) groups is 2. The van der Waals surface area contributed by atoms with E-state index in [1.54, 1.807) is 0 Å². The van der Waals surface area contributed by atoms with Gasteiger partial charge in [-0.05, 0) is 12.1 Å². The Morgan fingerprint density at radius 3 is 2.50 bits per heavy atom. The number of nitrogens with two attached hydrogens (primary N) is 2. The quantitative estimate of drug-likeness (QED) is 0.702. The Balaban J connectivity index is 2.95. The molecule has 0 aliphatic heterocycles. The number of benzene rings is 1. The molecule has 0 saturated heterocycles. The molecule has 16 heavy (non-hydrogen) atoms. The van der Waals surface area contributed by atoms with E-state index in [2.05, 4.69) is 5.32 Å². The van der Waals surface area contributed by atoms with Crippen LogP contribution >= 0.6 is 23.2 Å². The summed E-state index contributed by atoms with van der Waals surface area (Å²) in [6.07, 6.45) is 0. The van der Waals surface area contributed by atoms with Crippen LogP contribution in [0.25, 0.3) is 0 Å². The number of halogens is 2. The van der Waals surface area contributed by atoms with E-state index in [4.69, 9.17) is 34.7 Å². The molecular weight excluding hydrogens is 253 g/mol. The minimum absolute atomic E-state index is 0.0813. The summed E-state index contributed by atoms with van der Waals surface area (Å²) in [7, 11) is 0. The van der Waals surface area contributed by atoms with Gasteiger partial charge in [-0.1, -0.05) is 23.2 Å². The topological polar surface area (TPSA) is 98.2 Å². The molecule has 0 saturated carbocycles. The second-order valence-electron chi connectivity index (χ2n) is 3.01. The number of amides is 2. The Hall–Kier alpha value is -1.46. The summed E-state index contributed by atoms with van der Waals surface area (Å²) in [5.74, 6) is -1.21. The number of primary amides is 1. The Morgan fingerprint density at radius 2 is 1.94 bits per heavy atom. The van der Waals surface area contributed by atoms with Crippen molar-refractivity contribution in [1.82, 2.24) is 5.32 Å². The van der Waals surface area contributed by atoms with Crippen molar-refractivity contribution in [3.63, 3.8) is 0 Å². The molecule has 1 rings (SSSR count). The lowest BCUT2D eigenvalue weighted by atomic mass is 10.2. The van der Waals surface area contributed by atoms with E-state index < -0.39 is 11.8 Å². The third-order valence-electron chi connectivity index (χ3n) is 1.72. The summed E-state index contributed by atoms with van der Waals surface area (Å²) < 4.78 is 0. The first-order chi connectivity index (χ1) is 7.41. The SMILES string of the molecule is NC(=O)CNC(=O)c1cc(N)cc(Cl)c1Cl. The highest BCUT2D eigenvalue weighted by atomic mass is 35.5. The number of hydrogen-bond acceptors (Lipinski definition) is 3. The zero-order valence-corrected chi connectivity index (χ0v) is 9.60. The third-order valence-corrected chi connectivity index (χ3v) is 2.52. The second kappa shape index (κ2) is 5.05. The summed E-state index contributed by atoms with van der Waals surface area (Å²) >= 11 is 11.6. The molecule has 0 heterocycles. The number of hydrogen-bond donors (Lipinski definition) is 3. The van der Waals surface area contributed by atoms with Crippen LogP contribution in [0.15, 0.2) is 12.1 Å². The molecule has 0 unspecified atom stereocenters. The Morgan fingerprint density at radius 1 is 1.31 bits per heavy atom. The van der Waals surface area contributed by atoms with Crippen LogP contribution in [-0.4, -0.2) is 18.4 Å². The highest BCUT2D eigenvalue weighted by molar-refractivity contribution is 6.44. The predicted molar refractivity (Wildman–Crippen MR) is 62.4 cm³/mol. The minimum atomic E-state index is -0.653. The molecular formula is C9H9Cl2N3O2. The van der Waals surface area contributed by atoms with Gasteiger partial charge in [-0.3, -0.25) is 9.59 Å². The molecule has 0 radical (unpaired) electrons. The number of rotatable bonds is 3. The molecule has 2 amide bonds. The van der Waals surface area contributed by atoms with E-state index >= 15 is 0 Å². The average molecular weight is 262 g/mol. The van der Waals surface area contributed by atoms with Gasteiger partial charge < -0.3 is 16.8 Å². The summed E-state index contributed by atoms with van der Waals surface area (Å²) in [6.45, 7) is -0.276. The number of carbonyl (C=O) groups excluding carboxylic acids is 2. The molecule has 0 fully saturated rings. The van der Waals surface area contributed by atoms with Gasteiger partial charge in [0.15, 0.2) is 0 Å². The Labute approximate surface area is 102 Å². The molecule has 0 aliphatic rings. The van der Waals surface area contributed by atoms with Gasteiger partial charge in [-0.2, -0.15) is 0 Å². The van der Waals surface area contributed by atoms with Gasteiger partial charge in [0.1, 0.15) is 0 Å². The largest absolute Gasteiger partial charge is 0.399 e. The molecule has 1 aromatic rings. The fraction of sp³-hybridized carbons (Fsp3) is 0.111. The van der Waals surface area contributed by atoms with Gasteiger partial charge in [0.2, 0.25) is 5.91 Å². The molecule has 0 aromatic heterocycles. The maximum Gasteiger partial charge on any atom is 0.253 e. The lowest BCUT2D eigenvalue weighted by molar-refractivity contribution is -0.117. The lowest BCUT2D eigenvalue weighted by Crippen LogP contribution is -2.33. The van der Waals surface area contributed by atoms with Crippen molar-refractivity contribution in [2.75, 3.05) is 12.3 Å². The summed E-state index contributed by atoms with van der Waals surface area (Å²) in [6, 6.07) is 2.79. The Kier molecular flexibility index (Phi) is 3.98. The molecule has 5 nitrogen and oxygen atoms in total. The second-order valence-corrected chi connectivity index (χ2v) is 3.80. The zero-order chi connectivity index (χ0) is 12.3. The van der Waals surface area contributed by atoms with Crippen molar-refractivity contribution in [2.24, 2.45) is 5.73 Å². The fourth-order valence-corrected chi connectivity index (χ4v) is 1.46. The first kappa shape index (κ1) is 12.6. The van der Waals surface area contributed by atoms with E-state index in [9.17, 15) is 9.59 Å². The monoisotopic (exact) mass is 261 g/mol. The highest BCUT2D eigenvalue weighted by Crippen LogP contribution is 2.28. The van der Waals surface area contributed by atoms with Gasteiger partial charge in [-0.25, -0.2) is 0 Å². The summed E-state index contributed by atoms with van der Waals surface area (Å²) in [5.41, 5.74) is 10.8. The highest BCUT2D eigenvalue weighted by Gasteiger charge is 2.14. The molecule has 86 valence electrons. The molecule has 0 bridgehead atoms. The predicted octanol–water partition coefficient (Wildman–Crippen LogP) is 0.791. The van der Waals surface area contributed by atoms with Crippen LogP contribution in [0.5, 0.6) is 0 Å². The van der Waals surface area contributed by atoms with Gasteiger partial charge in [-0.15, -0.1) is 0 Å². The van der Waals surface area contributed by atoms with Crippen LogP contribution in [0.2, 0.25) is 10.0 Å². The lowest BCUT2D eigenvalue weighted by Gasteiger charge is -2.07. The van der Waals surface area contributed by atoms with Gasteiger partial charge >= 0.3 is 0 Å². The fourth-order valence-electron chi connectivity index (χ4n) is 1.04. The molecule has 0 atom stereocenters. The van der Waals surface area contributed by atoms with Crippen molar-refractivity contribution < 1.29 is 9.59 Å². The normalized spacial score (nSPS) is 9.88. The van der Waals surface area contributed by atoms with Crippen LogP contribution in [0.1, 0.15) is 10.4 Å². The van der Waals surface area contributed by atoms with Crippen LogP contribution in [0, 0.1) is 0 Å². The van der Waals surface area contributed by atoms with Crippen molar-refractivity contribution in [3.8, 4) is 0 Å². The van der Waals surface area contributed by atoms with E-state index in [1.165, 1.54) is 12.1 Å². The number of nitrogens with one attached hydrogen (secondary N) is 1. The Bertz CT molecular complexity index is 449. The van der Waals surface area contributed by atoms with Gasteiger partial charge in [0, 0.05) is 5.69 Å². The summed E-state index contributed by atoms with van der Waals surface area (Å²) in [5, 5.41) is 2.53. The van der Waals surface area contributed by atoms with Crippen molar-refractivity contribution in [3.05, 3.63) is 27.7 Å². The van der Waals surface area contributed by atoms with E-state index in [1.807, 2.05) is 0 Å². The van der Waals surface area contributed by atoms with Crippen LogP contribution in [-0.2, 0) is 4.79 Å². The molecule has 0 spiro atoms. The maximum atomic E-state index is 11.6. The van der Waals surface area contributed by atoms with Crippen molar-refractivity contribution in [1.29, 1.82) is 0 Å². The van der Waals surface area contributed by atoms with E-state index in [0.717, 1.165) is 0 Å². The first-order valence-electron chi connectivity index (χ1n) is 4.23. The zero-order valence-electron chi connectivity index (χ0n) is 8.09. The summed E-state index contributed by atoms with van der Waals surface area (Å²) in [4.78, 5) is 22.0. The van der Waals surface area contributed by atoms with Gasteiger partial charge in [0.25, 0.3) is 5.91 Å². The van der Waals surface area contributed by atoms with Crippen LogP contribution < -0.4 is 16.8 Å². The van der Waals surface area contributed by atoms with E-state index in [0.29, 0.717) is 5.69 Å². The minimum Gasteiger partial charge on any atom is -0.399 e. The standard InChI is InChI=1S/C9H9Cl2N3O2/c10-6-2-4(12)1-5(8(6)11)9(16)14-3-7(13)15/h1-2H,3,12H2,(H2,13,15)(H,14,16). The third kappa shape index (κ3) is 3.01. The molecule has 0 aliphatic carbocycles. The van der Waals surface area contributed by atoms with Crippen molar-refractivity contribution in [2.45, 2.75) is 0 Å². The van der Waals surface area contributed by atoms with Crippen molar-refractivity contribution >= 4 is 40.7 Å². The van der Waals surface area contributed by atoms with Crippen LogP contribution in [0.3, 0.4) is 0 Å². The molecule has 7 heteroatoms. The number of anilines is 1. The van der Waals surface area contributed by atoms with Crippen LogP contribution in [0.4, 0.5) is 5.69 Å². The number of nitrogen functional groups attached to an aromatic ring is 1. The smallest absolute Gasteiger partial charge is 0.253 e. The molecule has 1 aromatic carbocycles. The maximum absolute atomic E-state index is 11.6. The molecule has 5 N–H and O–H groups in total.